The van der Waals surface area contributed by atoms with Crippen LogP contribution in [0, 0.1) is 5.82 Å². The second-order valence-electron chi connectivity index (χ2n) is 4.86. The number of halogens is 1. The number of hydrogen-bond donors (Lipinski definition) is 1. The number of amides is 1. The van der Waals surface area contributed by atoms with E-state index in [2.05, 4.69) is 10.3 Å². The van der Waals surface area contributed by atoms with E-state index in [4.69, 9.17) is 9.15 Å². The van der Waals surface area contributed by atoms with Crippen molar-refractivity contribution >= 4 is 28.3 Å². The molecule has 0 aliphatic heterocycles. The first-order valence-electron chi connectivity index (χ1n) is 7.37. The molecule has 128 valence electrons. The number of rotatable bonds is 5. The topological polar surface area (TPSA) is 81.4 Å². The van der Waals surface area contributed by atoms with E-state index in [0.717, 1.165) is 11.3 Å². The first-order chi connectivity index (χ1) is 12.1. The fourth-order valence-corrected chi connectivity index (χ4v) is 2.73. The predicted octanol–water partition coefficient (Wildman–Crippen LogP) is 3.97. The third-order valence-corrected chi connectivity index (χ3v) is 3.94. The minimum absolute atomic E-state index is 0.00568. The standard InChI is InChI=1S/C17H13FN2O4S/c1-2-23-16(22)12-9-25-17(19-12)20-15(21)14-8-7-13(24-14)10-5-3-4-6-11(10)18/h3-9H,2H2,1H3,(H,19,20,21). The minimum Gasteiger partial charge on any atom is -0.461 e. The van der Waals surface area contributed by atoms with Crippen LogP contribution in [-0.2, 0) is 4.74 Å². The van der Waals surface area contributed by atoms with Crippen LogP contribution in [0.15, 0.2) is 46.2 Å². The first-order valence-corrected chi connectivity index (χ1v) is 8.25. The van der Waals surface area contributed by atoms with Crippen LogP contribution in [0.4, 0.5) is 9.52 Å². The SMILES string of the molecule is CCOC(=O)c1csc(NC(=O)c2ccc(-c3ccccc3F)o2)n1. The second kappa shape index (κ2) is 7.27. The monoisotopic (exact) mass is 360 g/mol. The summed E-state index contributed by atoms with van der Waals surface area (Å²) in [5, 5.41) is 4.25. The lowest BCUT2D eigenvalue weighted by atomic mass is 10.1. The van der Waals surface area contributed by atoms with Crippen LogP contribution in [0.5, 0.6) is 0 Å². The van der Waals surface area contributed by atoms with Gasteiger partial charge in [0, 0.05) is 5.38 Å². The molecular formula is C17H13FN2O4S. The van der Waals surface area contributed by atoms with Crippen molar-refractivity contribution < 1.29 is 23.1 Å². The summed E-state index contributed by atoms with van der Waals surface area (Å²) >= 11 is 1.09. The van der Waals surface area contributed by atoms with Crippen LogP contribution in [0.25, 0.3) is 11.3 Å². The van der Waals surface area contributed by atoms with Gasteiger partial charge in [-0.25, -0.2) is 14.2 Å². The van der Waals surface area contributed by atoms with Crippen molar-refractivity contribution in [3.63, 3.8) is 0 Å². The average Bonchev–Trinajstić information content (AvgIpc) is 3.25. The maximum absolute atomic E-state index is 13.8. The Hall–Kier alpha value is -3.00. The molecule has 1 amide bonds. The highest BCUT2D eigenvalue weighted by molar-refractivity contribution is 7.14. The van der Waals surface area contributed by atoms with E-state index in [-0.39, 0.29) is 34.5 Å². The lowest BCUT2D eigenvalue weighted by Gasteiger charge is -2.00. The molecule has 0 atom stereocenters. The molecule has 0 saturated heterocycles. The number of carbonyl (C=O) groups is 2. The van der Waals surface area contributed by atoms with Gasteiger partial charge < -0.3 is 9.15 Å². The van der Waals surface area contributed by atoms with Crippen molar-refractivity contribution in [2.45, 2.75) is 6.92 Å². The average molecular weight is 360 g/mol. The van der Waals surface area contributed by atoms with Gasteiger partial charge in [-0.05, 0) is 31.2 Å². The molecule has 0 fully saturated rings. The van der Waals surface area contributed by atoms with E-state index in [1.54, 1.807) is 25.1 Å². The second-order valence-corrected chi connectivity index (χ2v) is 5.71. The Morgan fingerprint density at radius 2 is 2.08 bits per heavy atom. The highest BCUT2D eigenvalue weighted by Gasteiger charge is 2.17. The summed E-state index contributed by atoms with van der Waals surface area (Å²) in [5.74, 6) is -1.30. The molecule has 6 nitrogen and oxygen atoms in total. The van der Waals surface area contributed by atoms with Crippen LogP contribution >= 0.6 is 11.3 Å². The van der Waals surface area contributed by atoms with Gasteiger partial charge >= 0.3 is 5.97 Å². The molecule has 8 heteroatoms. The molecule has 0 radical (unpaired) electrons. The number of aromatic nitrogens is 1. The largest absolute Gasteiger partial charge is 0.461 e. The number of hydrogen-bond acceptors (Lipinski definition) is 6. The van der Waals surface area contributed by atoms with Gasteiger partial charge in [0.05, 0.1) is 12.2 Å². The molecule has 0 bridgehead atoms. The Morgan fingerprint density at radius 3 is 2.84 bits per heavy atom. The Labute approximate surface area is 146 Å². The number of benzene rings is 1. The zero-order valence-electron chi connectivity index (χ0n) is 13.1. The fourth-order valence-electron chi connectivity index (χ4n) is 2.05. The van der Waals surface area contributed by atoms with E-state index in [0.29, 0.717) is 0 Å². The highest BCUT2D eigenvalue weighted by Crippen LogP contribution is 2.25. The molecule has 1 aromatic carbocycles. The van der Waals surface area contributed by atoms with Gasteiger partial charge in [0.25, 0.3) is 5.91 Å². The third-order valence-electron chi connectivity index (χ3n) is 3.18. The van der Waals surface area contributed by atoms with Gasteiger partial charge in [0.2, 0.25) is 0 Å². The summed E-state index contributed by atoms with van der Waals surface area (Å²) in [4.78, 5) is 27.7. The molecule has 0 saturated carbocycles. The summed E-state index contributed by atoms with van der Waals surface area (Å²) in [6.07, 6.45) is 0. The van der Waals surface area contributed by atoms with Crippen molar-refractivity contribution in [2.24, 2.45) is 0 Å². The molecular weight excluding hydrogens is 347 g/mol. The first kappa shape index (κ1) is 16.8. The van der Waals surface area contributed by atoms with Crippen molar-refractivity contribution in [2.75, 3.05) is 11.9 Å². The molecule has 0 unspecified atom stereocenters. The van der Waals surface area contributed by atoms with E-state index < -0.39 is 17.7 Å². The van der Waals surface area contributed by atoms with Crippen LogP contribution in [0.1, 0.15) is 28.0 Å². The van der Waals surface area contributed by atoms with Crippen LogP contribution in [-0.4, -0.2) is 23.5 Å². The van der Waals surface area contributed by atoms with Gasteiger partial charge in [0.1, 0.15) is 11.6 Å². The van der Waals surface area contributed by atoms with E-state index in [1.165, 1.54) is 23.6 Å². The molecule has 3 aromatic rings. The number of nitrogens with zero attached hydrogens (tertiary/aromatic N) is 1. The van der Waals surface area contributed by atoms with Crippen molar-refractivity contribution in [3.8, 4) is 11.3 Å². The zero-order chi connectivity index (χ0) is 17.8. The number of anilines is 1. The van der Waals surface area contributed by atoms with Crippen molar-refractivity contribution in [3.05, 3.63) is 59.0 Å². The van der Waals surface area contributed by atoms with E-state index >= 15 is 0 Å². The molecule has 0 spiro atoms. The number of carbonyl (C=O) groups excluding carboxylic acids is 2. The van der Waals surface area contributed by atoms with Gasteiger partial charge in [-0.3, -0.25) is 10.1 Å². The zero-order valence-corrected chi connectivity index (χ0v) is 13.9. The van der Waals surface area contributed by atoms with Crippen LogP contribution < -0.4 is 5.32 Å². The van der Waals surface area contributed by atoms with E-state index in [1.807, 2.05) is 0 Å². The number of esters is 1. The maximum Gasteiger partial charge on any atom is 0.357 e. The number of nitrogens with one attached hydrogen (secondary N) is 1. The molecule has 0 aliphatic rings. The summed E-state index contributed by atoms with van der Waals surface area (Å²) < 4.78 is 24.0. The Bertz CT molecular complexity index is 919. The predicted molar refractivity (Wildman–Crippen MR) is 90.1 cm³/mol. The normalized spacial score (nSPS) is 10.5. The fraction of sp³-hybridized carbons (Fsp3) is 0.118. The van der Waals surface area contributed by atoms with Crippen LogP contribution in [0.3, 0.4) is 0 Å². The molecule has 25 heavy (non-hydrogen) atoms. The number of thiazole rings is 1. The Balaban J connectivity index is 1.72. The summed E-state index contributed by atoms with van der Waals surface area (Å²) in [6, 6.07) is 9.06. The van der Waals surface area contributed by atoms with Gasteiger partial charge in [-0.15, -0.1) is 11.3 Å². The molecule has 1 N–H and O–H groups in total. The van der Waals surface area contributed by atoms with Gasteiger partial charge in [-0.2, -0.15) is 0 Å². The quantitative estimate of drug-likeness (QED) is 0.696. The molecule has 3 rings (SSSR count). The summed E-state index contributed by atoms with van der Waals surface area (Å²) in [7, 11) is 0. The van der Waals surface area contributed by atoms with Gasteiger partial charge in [-0.1, -0.05) is 12.1 Å². The Kier molecular flexibility index (Phi) is 4.90. The van der Waals surface area contributed by atoms with Crippen molar-refractivity contribution in [1.29, 1.82) is 0 Å². The molecule has 0 aliphatic carbocycles. The molecule has 2 aromatic heterocycles. The maximum atomic E-state index is 13.8. The highest BCUT2D eigenvalue weighted by atomic mass is 32.1. The lowest BCUT2D eigenvalue weighted by molar-refractivity contribution is 0.0520. The summed E-state index contributed by atoms with van der Waals surface area (Å²) in [6.45, 7) is 1.93. The van der Waals surface area contributed by atoms with Crippen molar-refractivity contribution in [1.82, 2.24) is 4.98 Å². The molecule has 2 heterocycles. The van der Waals surface area contributed by atoms with Gasteiger partial charge in [0.15, 0.2) is 16.6 Å². The number of ether oxygens (including phenoxy) is 1. The Morgan fingerprint density at radius 1 is 1.28 bits per heavy atom. The minimum atomic E-state index is -0.556. The number of furan rings is 1. The smallest absolute Gasteiger partial charge is 0.357 e. The van der Waals surface area contributed by atoms with E-state index in [9.17, 15) is 14.0 Å². The third kappa shape index (κ3) is 3.74. The lowest BCUT2D eigenvalue weighted by Crippen LogP contribution is -2.11. The van der Waals surface area contributed by atoms with Crippen LogP contribution in [0.2, 0.25) is 0 Å². The summed E-state index contributed by atoms with van der Waals surface area (Å²) in [5.41, 5.74) is 0.383.